The Hall–Kier alpha value is -0.570. The van der Waals surface area contributed by atoms with Gasteiger partial charge in [-0.25, -0.2) is 0 Å². The number of likely N-dealkylation sites (tertiary alicyclic amines) is 1. The molecule has 0 bridgehead atoms. The molecule has 1 aliphatic rings. The van der Waals surface area contributed by atoms with Crippen LogP contribution in [0.15, 0.2) is 0 Å². The van der Waals surface area contributed by atoms with E-state index >= 15 is 0 Å². The van der Waals surface area contributed by atoms with Crippen molar-refractivity contribution in [1.82, 2.24) is 10.2 Å². The van der Waals surface area contributed by atoms with Gasteiger partial charge in [0.25, 0.3) is 0 Å². The van der Waals surface area contributed by atoms with Gasteiger partial charge in [-0.3, -0.25) is 4.79 Å². The first-order valence-electron chi connectivity index (χ1n) is 6.96. The molecule has 3 nitrogen and oxygen atoms in total. The van der Waals surface area contributed by atoms with Gasteiger partial charge >= 0.3 is 0 Å². The third-order valence-corrected chi connectivity index (χ3v) is 3.72. The molecule has 1 amide bonds. The zero-order valence-corrected chi connectivity index (χ0v) is 11.9. The Morgan fingerprint density at radius 1 is 1.41 bits per heavy atom. The lowest BCUT2D eigenvalue weighted by atomic mass is 9.86. The van der Waals surface area contributed by atoms with Gasteiger partial charge in [0.15, 0.2) is 0 Å². The standard InChI is InChI=1S/C14H28N2O/c1-5-6-7-9-14(2,3)11-16-10-8-12(15-4)13(16)17/h12,15H,5-11H2,1-4H3. The van der Waals surface area contributed by atoms with Gasteiger partial charge in [-0.15, -0.1) is 0 Å². The number of nitrogens with zero attached hydrogens (tertiary/aromatic N) is 1. The summed E-state index contributed by atoms with van der Waals surface area (Å²) >= 11 is 0. The second-order valence-corrected chi connectivity index (χ2v) is 6.01. The highest BCUT2D eigenvalue weighted by atomic mass is 16.2. The van der Waals surface area contributed by atoms with Crippen molar-refractivity contribution in [2.24, 2.45) is 5.41 Å². The number of rotatable bonds is 7. The van der Waals surface area contributed by atoms with E-state index in [-0.39, 0.29) is 17.4 Å². The number of carbonyl (C=O) groups excluding carboxylic acids is 1. The van der Waals surface area contributed by atoms with Crippen molar-refractivity contribution in [3.05, 3.63) is 0 Å². The Kier molecular flexibility index (Phi) is 5.44. The molecule has 0 aromatic heterocycles. The van der Waals surface area contributed by atoms with Crippen LogP contribution in [0.1, 0.15) is 52.9 Å². The summed E-state index contributed by atoms with van der Waals surface area (Å²) in [6.07, 6.45) is 6.02. The van der Waals surface area contributed by atoms with Crippen LogP contribution in [0.5, 0.6) is 0 Å². The van der Waals surface area contributed by atoms with Crippen molar-refractivity contribution < 1.29 is 4.79 Å². The summed E-state index contributed by atoms with van der Waals surface area (Å²) in [6.45, 7) is 8.62. The van der Waals surface area contributed by atoms with Gasteiger partial charge < -0.3 is 10.2 Å². The van der Waals surface area contributed by atoms with Crippen LogP contribution in [0, 0.1) is 5.41 Å². The van der Waals surface area contributed by atoms with Crippen LogP contribution in [-0.4, -0.2) is 37.0 Å². The minimum atomic E-state index is 0.0569. The van der Waals surface area contributed by atoms with Crippen molar-refractivity contribution >= 4 is 5.91 Å². The monoisotopic (exact) mass is 240 g/mol. The number of unbranched alkanes of at least 4 members (excludes halogenated alkanes) is 2. The summed E-state index contributed by atoms with van der Waals surface area (Å²) in [4.78, 5) is 14.0. The second-order valence-electron chi connectivity index (χ2n) is 6.01. The van der Waals surface area contributed by atoms with Crippen LogP contribution in [0.2, 0.25) is 0 Å². The highest BCUT2D eigenvalue weighted by molar-refractivity contribution is 5.83. The van der Waals surface area contributed by atoms with E-state index in [0.717, 1.165) is 19.5 Å². The lowest BCUT2D eigenvalue weighted by Crippen LogP contribution is -2.40. The van der Waals surface area contributed by atoms with E-state index in [4.69, 9.17) is 0 Å². The van der Waals surface area contributed by atoms with Crippen molar-refractivity contribution in [2.75, 3.05) is 20.1 Å². The lowest BCUT2D eigenvalue weighted by molar-refractivity contribution is -0.130. The highest BCUT2D eigenvalue weighted by Gasteiger charge is 2.33. The van der Waals surface area contributed by atoms with Crippen molar-refractivity contribution in [2.45, 2.75) is 58.9 Å². The summed E-state index contributed by atoms with van der Waals surface area (Å²) in [5.74, 6) is 0.288. The average Bonchev–Trinajstić information content (AvgIpc) is 2.60. The van der Waals surface area contributed by atoms with E-state index < -0.39 is 0 Å². The molecule has 0 saturated carbocycles. The number of hydrogen-bond donors (Lipinski definition) is 1. The first kappa shape index (κ1) is 14.5. The summed E-state index contributed by atoms with van der Waals surface area (Å²) < 4.78 is 0. The van der Waals surface area contributed by atoms with Gasteiger partial charge in [0.1, 0.15) is 0 Å². The SMILES string of the molecule is CCCCCC(C)(C)CN1CCC(NC)C1=O. The van der Waals surface area contributed by atoms with E-state index in [1.807, 2.05) is 11.9 Å². The largest absolute Gasteiger partial charge is 0.341 e. The Bertz CT molecular complexity index is 251. The topological polar surface area (TPSA) is 32.3 Å². The molecule has 1 aliphatic heterocycles. The second kappa shape index (κ2) is 6.39. The van der Waals surface area contributed by atoms with E-state index in [1.165, 1.54) is 25.7 Å². The first-order valence-corrected chi connectivity index (χ1v) is 6.96. The molecule has 0 radical (unpaired) electrons. The molecular weight excluding hydrogens is 212 g/mol. The maximum absolute atomic E-state index is 12.0. The Labute approximate surface area is 106 Å². The first-order chi connectivity index (χ1) is 8.00. The Morgan fingerprint density at radius 2 is 2.12 bits per heavy atom. The predicted octanol–water partition coefficient (Wildman–Crippen LogP) is 2.41. The fraction of sp³-hybridized carbons (Fsp3) is 0.929. The van der Waals surface area contributed by atoms with Gasteiger partial charge in [-0.2, -0.15) is 0 Å². The molecule has 1 unspecified atom stereocenters. The average molecular weight is 240 g/mol. The maximum Gasteiger partial charge on any atom is 0.239 e. The number of hydrogen-bond acceptors (Lipinski definition) is 2. The normalized spacial score (nSPS) is 21.3. The summed E-state index contributed by atoms with van der Waals surface area (Å²) in [6, 6.07) is 0.0569. The van der Waals surface area contributed by atoms with E-state index in [9.17, 15) is 4.79 Å². The third kappa shape index (κ3) is 4.30. The van der Waals surface area contributed by atoms with Gasteiger partial charge in [-0.1, -0.05) is 40.0 Å². The third-order valence-electron chi connectivity index (χ3n) is 3.72. The molecule has 17 heavy (non-hydrogen) atoms. The van der Waals surface area contributed by atoms with Gasteiger partial charge in [-0.05, 0) is 25.3 Å². The molecule has 1 heterocycles. The Balaban J connectivity index is 2.39. The van der Waals surface area contributed by atoms with Gasteiger partial charge in [0, 0.05) is 13.1 Å². The molecular formula is C14H28N2O. The molecule has 1 fully saturated rings. The van der Waals surface area contributed by atoms with Crippen LogP contribution in [0.25, 0.3) is 0 Å². The molecule has 1 rings (SSSR count). The summed E-state index contributed by atoms with van der Waals surface area (Å²) in [7, 11) is 1.87. The number of carbonyl (C=O) groups is 1. The van der Waals surface area contributed by atoms with Crippen molar-refractivity contribution in [1.29, 1.82) is 0 Å². The van der Waals surface area contributed by atoms with Crippen LogP contribution >= 0.6 is 0 Å². The molecule has 0 aliphatic carbocycles. The fourth-order valence-electron chi connectivity index (χ4n) is 2.61. The molecule has 0 aromatic rings. The summed E-state index contributed by atoms with van der Waals surface area (Å²) in [5.41, 5.74) is 0.257. The molecule has 3 heteroatoms. The number of amides is 1. The van der Waals surface area contributed by atoms with E-state index in [1.54, 1.807) is 0 Å². The Morgan fingerprint density at radius 3 is 2.65 bits per heavy atom. The van der Waals surface area contributed by atoms with Crippen molar-refractivity contribution in [3.8, 4) is 0 Å². The number of nitrogens with one attached hydrogen (secondary N) is 1. The molecule has 0 spiro atoms. The maximum atomic E-state index is 12.0. The van der Waals surface area contributed by atoms with E-state index in [0.29, 0.717) is 0 Å². The molecule has 1 N–H and O–H groups in total. The lowest BCUT2D eigenvalue weighted by Gasteiger charge is -2.30. The number of likely N-dealkylation sites (N-methyl/N-ethyl adjacent to an activating group) is 1. The molecule has 0 aromatic carbocycles. The minimum absolute atomic E-state index is 0.0569. The van der Waals surface area contributed by atoms with Crippen LogP contribution < -0.4 is 5.32 Å². The quantitative estimate of drug-likeness (QED) is 0.693. The molecule has 1 atom stereocenters. The van der Waals surface area contributed by atoms with Gasteiger partial charge in [0.05, 0.1) is 6.04 Å². The predicted molar refractivity (Wildman–Crippen MR) is 72.0 cm³/mol. The smallest absolute Gasteiger partial charge is 0.239 e. The molecule has 1 saturated heterocycles. The van der Waals surface area contributed by atoms with Crippen molar-refractivity contribution in [3.63, 3.8) is 0 Å². The van der Waals surface area contributed by atoms with Crippen LogP contribution in [-0.2, 0) is 4.79 Å². The fourth-order valence-corrected chi connectivity index (χ4v) is 2.61. The molecule has 100 valence electrons. The minimum Gasteiger partial charge on any atom is -0.341 e. The van der Waals surface area contributed by atoms with Gasteiger partial charge in [0.2, 0.25) is 5.91 Å². The van der Waals surface area contributed by atoms with Crippen LogP contribution in [0.4, 0.5) is 0 Å². The zero-order valence-electron chi connectivity index (χ0n) is 11.9. The summed E-state index contributed by atoms with van der Waals surface area (Å²) in [5, 5.41) is 3.09. The zero-order chi connectivity index (χ0) is 12.9. The van der Waals surface area contributed by atoms with E-state index in [2.05, 4.69) is 26.1 Å². The van der Waals surface area contributed by atoms with Crippen LogP contribution in [0.3, 0.4) is 0 Å². The highest BCUT2D eigenvalue weighted by Crippen LogP contribution is 2.27.